The standard InChI is InChI=1S/C11H19N3O4/c1-7(12-13-8(2)15)9(14-17-6)10(16)18-11(3,4)5/h1-6H3,(H,13,15). The number of carbonyl (C=O) groups is 2. The molecule has 0 aliphatic heterocycles. The number of hydrogen-bond donors (Lipinski definition) is 1. The molecule has 0 aliphatic rings. The lowest BCUT2D eigenvalue weighted by Gasteiger charge is -2.19. The highest BCUT2D eigenvalue weighted by Gasteiger charge is 2.24. The number of nitrogens with one attached hydrogen (secondary N) is 1. The van der Waals surface area contributed by atoms with Crippen LogP contribution in [-0.4, -0.2) is 36.0 Å². The summed E-state index contributed by atoms with van der Waals surface area (Å²) in [7, 11) is 1.30. The maximum atomic E-state index is 11.8. The fraction of sp³-hybridized carbons (Fsp3) is 0.636. The number of ether oxygens (including phenoxy) is 1. The zero-order valence-electron chi connectivity index (χ0n) is 11.5. The van der Waals surface area contributed by atoms with Crippen molar-refractivity contribution in [1.82, 2.24) is 5.43 Å². The van der Waals surface area contributed by atoms with E-state index in [4.69, 9.17) is 4.74 Å². The van der Waals surface area contributed by atoms with Crippen LogP contribution in [0.4, 0.5) is 0 Å². The predicted octanol–water partition coefficient (Wildman–Crippen LogP) is 0.842. The first-order chi connectivity index (χ1) is 8.17. The normalized spacial score (nSPS) is 13.0. The summed E-state index contributed by atoms with van der Waals surface area (Å²) in [6.45, 7) is 8.01. The van der Waals surface area contributed by atoms with E-state index < -0.39 is 11.6 Å². The Hall–Kier alpha value is -1.92. The number of hydrogen-bond acceptors (Lipinski definition) is 6. The second kappa shape index (κ2) is 6.73. The number of hydrazone groups is 1. The van der Waals surface area contributed by atoms with Crippen LogP contribution in [0.3, 0.4) is 0 Å². The third kappa shape index (κ3) is 6.62. The lowest BCUT2D eigenvalue weighted by Crippen LogP contribution is -2.33. The van der Waals surface area contributed by atoms with Gasteiger partial charge in [0.1, 0.15) is 12.7 Å². The molecule has 0 unspecified atom stereocenters. The van der Waals surface area contributed by atoms with E-state index in [-0.39, 0.29) is 17.3 Å². The molecule has 0 heterocycles. The van der Waals surface area contributed by atoms with Crippen molar-refractivity contribution in [2.24, 2.45) is 10.3 Å². The van der Waals surface area contributed by atoms with Crippen molar-refractivity contribution >= 4 is 23.3 Å². The van der Waals surface area contributed by atoms with Gasteiger partial charge in [-0.25, -0.2) is 10.2 Å². The monoisotopic (exact) mass is 257 g/mol. The van der Waals surface area contributed by atoms with Crippen LogP contribution in [0.1, 0.15) is 34.6 Å². The summed E-state index contributed by atoms with van der Waals surface area (Å²) in [6.07, 6.45) is 0. The minimum atomic E-state index is -0.670. The van der Waals surface area contributed by atoms with Crippen LogP contribution in [0.15, 0.2) is 10.3 Å². The molecule has 1 N–H and O–H groups in total. The third-order valence-electron chi connectivity index (χ3n) is 1.50. The van der Waals surface area contributed by atoms with E-state index in [0.29, 0.717) is 0 Å². The molecule has 0 aromatic rings. The van der Waals surface area contributed by atoms with Gasteiger partial charge in [-0.15, -0.1) is 0 Å². The molecule has 0 radical (unpaired) electrons. The van der Waals surface area contributed by atoms with Crippen LogP contribution in [0.25, 0.3) is 0 Å². The van der Waals surface area contributed by atoms with Crippen molar-refractivity contribution in [2.45, 2.75) is 40.2 Å². The maximum absolute atomic E-state index is 11.8. The molecule has 0 aromatic carbocycles. The van der Waals surface area contributed by atoms with Gasteiger partial charge < -0.3 is 9.57 Å². The molecule has 0 spiro atoms. The van der Waals surface area contributed by atoms with Crippen LogP contribution in [0.2, 0.25) is 0 Å². The van der Waals surface area contributed by atoms with Crippen molar-refractivity contribution in [2.75, 3.05) is 7.11 Å². The van der Waals surface area contributed by atoms with Gasteiger partial charge in [0.15, 0.2) is 0 Å². The quantitative estimate of drug-likeness (QED) is 0.459. The second-order valence-electron chi connectivity index (χ2n) is 4.49. The number of oxime groups is 1. The van der Waals surface area contributed by atoms with E-state index in [9.17, 15) is 9.59 Å². The Kier molecular flexibility index (Phi) is 6.01. The van der Waals surface area contributed by atoms with Gasteiger partial charge in [0.05, 0.1) is 5.71 Å². The highest BCUT2D eigenvalue weighted by Crippen LogP contribution is 2.08. The molecule has 0 saturated heterocycles. The van der Waals surface area contributed by atoms with Crippen LogP contribution in [0.5, 0.6) is 0 Å². The van der Waals surface area contributed by atoms with E-state index in [1.807, 2.05) is 0 Å². The molecule has 1 amide bonds. The van der Waals surface area contributed by atoms with E-state index >= 15 is 0 Å². The summed E-state index contributed by atoms with van der Waals surface area (Å²) < 4.78 is 5.14. The van der Waals surface area contributed by atoms with Crippen molar-refractivity contribution in [3.8, 4) is 0 Å². The average Bonchev–Trinajstić information content (AvgIpc) is 2.19. The van der Waals surface area contributed by atoms with Crippen LogP contribution in [-0.2, 0) is 19.2 Å². The molecule has 102 valence electrons. The summed E-state index contributed by atoms with van der Waals surface area (Å²) in [6, 6.07) is 0. The smallest absolute Gasteiger partial charge is 0.362 e. The Labute approximate surface area is 106 Å². The van der Waals surface area contributed by atoms with Crippen LogP contribution in [0, 0.1) is 0 Å². The molecule has 0 atom stereocenters. The molecular formula is C11H19N3O4. The topological polar surface area (TPSA) is 89.3 Å². The first-order valence-electron chi connectivity index (χ1n) is 5.33. The van der Waals surface area contributed by atoms with E-state index in [2.05, 4.69) is 20.5 Å². The van der Waals surface area contributed by atoms with E-state index in [0.717, 1.165) is 0 Å². The Bertz CT molecular complexity index is 380. The first kappa shape index (κ1) is 16.1. The Morgan fingerprint density at radius 3 is 2.11 bits per heavy atom. The number of nitrogens with zero attached hydrogens (tertiary/aromatic N) is 2. The molecule has 0 aromatic heterocycles. The van der Waals surface area contributed by atoms with Gasteiger partial charge in [0, 0.05) is 6.92 Å². The Morgan fingerprint density at radius 1 is 1.17 bits per heavy atom. The Balaban J connectivity index is 4.98. The maximum Gasteiger partial charge on any atom is 0.362 e. The average molecular weight is 257 g/mol. The predicted molar refractivity (Wildman–Crippen MR) is 67.2 cm³/mol. The summed E-state index contributed by atoms with van der Waals surface area (Å²) in [4.78, 5) is 27.1. The SMILES string of the molecule is CON=C(C(=O)OC(C)(C)C)C(C)=NNC(C)=O. The third-order valence-corrected chi connectivity index (χ3v) is 1.50. The highest BCUT2D eigenvalue weighted by atomic mass is 16.6. The zero-order valence-corrected chi connectivity index (χ0v) is 11.5. The van der Waals surface area contributed by atoms with Gasteiger partial charge in [-0.3, -0.25) is 4.79 Å². The van der Waals surface area contributed by atoms with E-state index in [1.54, 1.807) is 20.8 Å². The lowest BCUT2D eigenvalue weighted by atomic mass is 10.2. The molecule has 0 aliphatic carbocycles. The minimum Gasteiger partial charge on any atom is -0.455 e. The van der Waals surface area contributed by atoms with Crippen molar-refractivity contribution in [3.63, 3.8) is 0 Å². The van der Waals surface area contributed by atoms with Gasteiger partial charge in [-0.1, -0.05) is 5.16 Å². The molecule has 0 saturated carbocycles. The fourth-order valence-corrected chi connectivity index (χ4v) is 0.884. The number of rotatable bonds is 4. The molecule has 18 heavy (non-hydrogen) atoms. The first-order valence-corrected chi connectivity index (χ1v) is 5.33. The summed E-state index contributed by atoms with van der Waals surface area (Å²) >= 11 is 0. The molecule has 7 nitrogen and oxygen atoms in total. The number of amides is 1. The molecular weight excluding hydrogens is 238 g/mol. The highest BCUT2D eigenvalue weighted by molar-refractivity contribution is 6.65. The van der Waals surface area contributed by atoms with Gasteiger partial charge in [-0.2, -0.15) is 5.10 Å². The summed E-state index contributed by atoms with van der Waals surface area (Å²) in [5, 5.41) is 7.25. The Morgan fingerprint density at radius 2 is 1.72 bits per heavy atom. The second-order valence-corrected chi connectivity index (χ2v) is 4.49. The molecule has 0 rings (SSSR count). The van der Waals surface area contributed by atoms with Crippen molar-refractivity contribution in [1.29, 1.82) is 0 Å². The van der Waals surface area contributed by atoms with Crippen molar-refractivity contribution in [3.05, 3.63) is 0 Å². The van der Waals surface area contributed by atoms with E-state index in [1.165, 1.54) is 21.0 Å². The van der Waals surface area contributed by atoms with Gasteiger partial charge in [0.2, 0.25) is 11.6 Å². The van der Waals surface area contributed by atoms with Crippen molar-refractivity contribution < 1.29 is 19.2 Å². The fourth-order valence-electron chi connectivity index (χ4n) is 0.884. The summed E-state index contributed by atoms with van der Waals surface area (Å²) in [5.74, 6) is -1.02. The summed E-state index contributed by atoms with van der Waals surface area (Å²) in [5.41, 5.74) is 1.65. The lowest BCUT2D eigenvalue weighted by molar-refractivity contribution is -0.146. The van der Waals surface area contributed by atoms with Crippen LogP contribution >= 0.6 is 0 Å². The molecule has 7 heteroatoms. The van der Waals surface area contributed by atoms with Gasteiger partial charge in [0.25, 0.3) is 0 Å². The van der Waals surface area contributed by atoms with Crippen LogP contribution < -0.4 is 5.43 Å². The number of esters is 1. The minimum absolute atomic E-state index is 0.0961. The largest absolute Gasteiger partial charge is 0.455 e. The molecule has 0 bridgehead atoms. The molecule has 0 fully saturated rings. The number of carbonyl (C=O) groups excluding carboxylic acids is 2. The van der Waals surface area contributed by atoms with Gasteiger partial charge in [-0.05, 0) is 27.7 Å². The van der Waals surface area contributed by atoms with Gasteiger partial charge >= 0.3 is 5.97 Å². The zero-order chi connectivity index (χ0) is 14.3.